The van der Waals surface area contributed by atoms with Crippen LogP contribution in [0.5, 0.6) is 0 Å². The number of nitrogens with zero attached hydrogens (tertiary/aromatic N) is 1. The molecule has 0 aliphatic rings. The van der Waals surface area contributed by atoms with Crippen LogP contribution in [0.15, 0.2) is 42.5 Å². The molecular weight excluding hydrogens is 354 g/mol. The van der Waals surface area contributed by atoms with Crippen molar-refractivity contribution < 1.29 is 24.0 Å². The number of ether oxygens (including phenoxy) is 1. The fourth-order valence-electron chi connectivity index (χ4n) is 2.31. The van der Waals surface area contributed by atoms with Crippen LogP contribution in [0.3, 0.4) is 0 Å². The first kappa shape index (κ1) is 19.6. The third-order valence-electron chi connectivity index (χ3n) is 3.46. The van der Waals surface area contributed by atoms with E-state index in [2.05, 4.69) is 10.6 Å². The number of nitro groups is 1. The summed E-state index contributed by atoms with van der Waals surface area (Å²) in [6.45, 7) is 2.28. The van der Waals surface area contributed by atoms with Crippen LogP contribution in [0.1, 0.15) is 22.8 Å². The number of hydrogen-bond acceptors (Lipinski definition) is 6. The third kappa shape index (κ3) is 5.36. The SMILES string of the molecule is CC(=O)Nc1ccc(NC(=O)COC(=O)c2cccc(C)c2[N+](=O)[O-])cc1. The molecular formula is C18H17N3O6. The van der Waals surface area contributed by atoms with E-state index in [9.17, 15) is 24.5 Å². The first-order valence-electron chi connectivity index (χ1n) is 7.86. The molecule has 9 nitrogen and oxygen atoms in total. The summed E-state index contributed by atoms with van der Waals surface area (Å²) in [5.41, 5.74) is 0.757. The number of esters is 1. The van der Waals surface area contributed by atoms with Crippen molar-refractivity contribution in [2.75, 3.05) is 17.2 Å². The van der Waals surface area contributed by atoms with Gasteiger partial charge < -0.3 is 15.4 Å². The van der Waals surface area contributed by atoms with Crippen molar-refractivity contribution in [3.63, 3.8) is 0 Å². The highest BCUT2D eigenvalue weighted by Crippen LogP contribution is 2.23. The summed E-state index contributed by atoms with van der Waals surface area (Å²) < 4.78 is 4.87. The zero-order chi connectivity index (χ0) is 20.0. The quantitative estimate of drug-likeness (QED) is 0.456. The minimum atomic E-state index is -0.957. The Hall–Kier alpha value is -3.75. The molecule has 0 saturated carbocycles. The average Bonchev–Trinajstić information content (AvgIpc) is 2.60. The van der Waals surface area contributed by atoms with Crippen molar-refractivity contribution in [2.24, 2.45) is 0 Å². The molecule has 2 N–H and O–H groups in total. The third-order valence-corrected chi connectivity index (χ3v) is 3.46. The second-order valence-corrected chi connectivity index (χ2v) is 5.61. The Labute approximate surface area is 154 Å². The molecule has 0 atom stereocenters. The number of amides is 2. The van der Waals surface area contributed by atoms with Gasteiger partial charge in [0.1, 0.15) is 5.56 Å². The number of carbonyl (C=O) groups is 3. The molecule has 2 amide bonds. The summed E-state index contributed by atoms with van der Waals surface area (Å²) in [5, 5.41) is 16.2. The minimum absolute atomic E-state index is 0.215. The fraction of sp³-hybridized carbons (Fsp3) is 0.167. The van der Waals surface area contributed by atoms with Gasteiger partial charge in [0.25, 0.3) is 11.6 Å². The number of nitro benzene ring substituents is 1. The van der Waals surface area contributed by atoms with E-state index in [4.69, 9.17) is 4.74 Å². The molecule has 0 aliphatic heterocycles. The molecule has 140 valence electrons. The van der Waals surface area contributed by atoms with Crippen LogP contribution >= 0.6 is 0 Å². The maximum absolute atomic E-state index is 12.1. The van der Waals surface area contributed by atoms with E-state index in [0.29, 0.717) is 16.9 Å². The first-order chi connectivity index (χ1) is 12.8. The largest absolute Gasteiger partial charge is 0.452 e. The molecule has 0 fully saturated rings. The number of rotatable bonds is 6. The van der Waals surface area contributed by atoms with Gasteiger partial charge in [-0.15, -0.1) is 0 Å². The number of aryl methyl sites for hydroxylation is 1. The number of para-hydroxylation sites is 1. The second kappa shape index (κ2) is 8.56. The Bertz CT molecular complexity index is 892. The van der Waals surface area contributed by atoms with Crippen LogP contribution in [-0.2, 0) is 14.3 Å². The van der Waals surface area contributed by atoms with Gasteiger partial charge in [-0.2, -0.15) is 0 Å². The minimum Gasteiger partial charge on any atom is -0.452 e. The number of anilines is 2. The van der Waals surface area contributed by atoms with E-state index in [0.717, 1.165) is 0 Å². The molecule has 0 heterocycles. The maximum Gasteiger partial charge on any atom is 0.345 e. The number of carbonyl (C=O) groups excluding carboxylic acids is 3. The summed E-state index contributed by atoms with van der Waals surface area (Å²) in [4.78, 5) is 45.4. The Morgan fingerprint density at radius 2 is 1.63 bits per heavy atom. The van der Waals surface area contributed by atoms with Gasteiger partial charge in [-0.1, -0.05) is 12.1 Å². The highest BCUT2D eigenvalue weighted by Gasteiger charge is 2.24. The molecule has 0 aromatic heterocycles. The van der Waals surface area contributed by atoms with Crippen LogP contribution in [-0.4, -0.2) is 29.3 Å². The molecule has 0 spiro atoms. The van der Waals surface area contributed by atoms with Crippen molar-refractivity contribution in [3.8, 4) is 0 Å². The van der Waals surface area contributed by atoms with Gasteiger partial charge >= 0.3 is 5.97 Å². The van der Waals surface area contributed by atoms with Crippen molar-refractivity contribution in [2.45, 2.75) is 13.8 Å². The summed E-state index contributed by atoms with van der Waals surface area (Å²) in [5.74, 6) is -1.78. The van der Waals surface area contributed by atoms with E-state index >= 15 is 0 Å². The summed E-state index contributed by atoms with van der Waals surface area (Å²) in [6, 6.07) is 10.6. The predicted octanol–water partition coefficient (Wildman–Crippen LogP) is 2.66. The van der Waals surface area contributed by atoms with Crippen LogP contribution in [0.2, 0.25) is 0 Å². The predicted molar refractivity (Wildman–Crippen MR) is 97.5 cm³/mol. The standard InChI is InChI=1S/C18H17N3O6/c1-11-4-3-5-15(17(11)21(25)26)18(24)27-10-16(23)20-14-8-6-13(7-9-14)19-12(2)22/h3-9H,10H2,1-2H3,(H,19,22)(H,20,23). The van der Waals surface area contributed by atoms with Crippen molar-refractivity contribution in [1.82, 2.24) is 0 Å². The smallest absolute Gasteiger partial charge is 0.345 e. The van der Waals surface area contributed by atoms with Gasteiger partial charge in [-0.05, 0) is 37.3 Å². The van der Waals surface area contributed by atoms with Gasteiger partial charge in [0.05, 0.1) is 4.92 Å². The second-order valence-electron chi connectivity index (χ2n) is 5.61. The van der Waals surface area contributed by atoms with Crippen LogP contribution in [0, 0.1) is 17.0 Å². The highest BCUT2D eigenvalue weighted by molar-refractivity contribution is 5.98. The Balaban J connectivity index is 1.96. The molecule has 2 aromatic rings. The maximum atomic E-state index is 12.1. The summed E-state index contributed by atoms with van der Waals surface area (Å²) in [6.07, 6.45) is 0. The van der Waals surface area contributed by atoms with Crippen molar-refractivity contribution >= 4 is 34.8 Å². The monoisotopic (exact) mass is 371 g/mol. The Morgan fingerprint density at radius 1 is 1.04 bits per heavy atom. The van der Waals surface area contributed by atoms with Crippen molar-refractivity contribution in [1.29, 1.82) is 0 Å². The first-order valence-corrected chi connectivity index (χ1v) is 7.86. The lowest BCUT2D eigenvalue weighted by molar-refractivity contribution is -0.385. The van der Waals surface area contributed by atoms with Crippen molar-refractivity contribution in [3.05, 3.63) is 63.7 Å². The molecule has 0 radical (unpaired) electrons. The molecule has 0 unspecified atom stereocenters. The van der Waals surface area contributed by atoms with E-state index in [1.165, 1.54) is 32.0 Å². The van der Waals surface area contributed by atoms with Gasteiger partial charge in [0.2, 0.25) is 5.91 Å². The summed E-state index contributed by atoms with van der Waals surface area (Å²) in [7, 11) is 0. The zero-order valence-electron chi connectivity index (χ0n) is 14.6. The lowest BCUT2D eigenvalue weighted by atomic mass is 10.1. The molecule has 2 rings (SSSR count). The summed E-state index contributed by atoms with van der Waals surface area (Å²) >= 11 is 0. The number of nitrogens with one attached hydrogen (secondary N) is 2. The Morgan fingerprint density at radius 3 is 2.19 bits per heavy atom. The molecule has 0 saturated heterocycles. The highest BCUT2D eigenvalue weighted by atomic mass is 16.6. The lowest BCUT2D eigenvalue weighted by Gasteiger charge is -2.08. The van der Waals surface area contributed by atoms with Gasteiger partial charge in [-0.25, -0.2) is 4.79 Å². The Kier molecular flexibility index (Phi) is 6.21. The lowest BCUT2D eigenvalue weighted by Crippen LogP contribution is -2.21. The number of hydrogen-bond donors (Lipinski definition) is 2. The zero-order valence-corrected chi connectivity index (χ0v) is 14.6. The van der Waals surface area contributed by atoms with Gasteiger partial charge in [0.15, 0.2) is 6.61 Å². The van der Waals surface area contributed by atoms with E-state index in [1.54, 1.807) is 24.3 Å². The molecule has 2 aromatic carbocycles. The molecule has 0 aliphatic carbocycles. The molecule has 9 heteroatoms. The van der Waals surface area contributed by atoms with Gasteiger partial charge in [0, 0.05) is 23.9 Å². The fourth-order valence-corrected chi connectivity index (χ4v) is 2.31. The normalized spacial score (nSPS) is 10.0. The van der Waals surface area contributed by atoms with Crippen LogP contribution in [0.25, 0.3) is 0 Å². The van der Waals surface area contributed by atoms with E-state index in [-0.39, 0.29) is 17.2 Å². The van der Waals surface area contributed by atoms with Gasteiger partial charge in [-0.3, -0.25) is 19.7 Å². The topological polar surface area (TPSA) is 128 Å². The average molecular weight is 371 g/mol. The number of benzene rings is 2. The molecule has 0 bridgehead atoms. The molecule has 27 heavy (non-hydrogen) atoms. The van der Waals surface area contributed by atoms with E-state index in [1.807, 2.05) is 0 Å². The van der Waals surface area contributed by atoms with E-state index < -0.39 is 23.4 Å². The van der Waals surface area contributed by atoms with Crippen LogP contribution < -0.4 is 10.6 Å². The van der Waals surface area contributed by atoms with Crippen LogP contribution in [0.4, 0.5) is 17.1 Å².